The van der Waals surface area contributed by atoms with Crippen molar-refractivity contribution in [3.05, 3.63) is 0 Å². The van der Waals surface area contributed by atoms with E-state index in [0.717, 1.165) is 13.0 Å². The van der Waals surface area contributed by atoms with Gasteiger partial charge in [-0.1, -0.05) is 0 Å². The first-order valence-corrected chi connectivity index (χ1v) is 7.16. The molecule has 1 saturated carbocycles. The second-order valence-electron chi connectivity index (χ2n) is 6.37. The van der Waals surface area contributed by atoms with E-state index in [4.69, 9.17) is 9.84 Å². The van der Waals surface area contributed by atoms with Crippen molar-refractivity contribution >= 4 is 5.97 Å². The highest BCUT2D eigenvalue weighted by Crippen LogP contribution is 2.33. The number of carboxylic acids is 1. The number of carboxylic acid groups (broad SMARTS) is 1. The molecular formula is C14H25NO4. The summed E-state index contributed by atoms with van der Waals surface area (Å²) in [6.45, 7) is 5.44. The first kappa shape index (κ1) is 14.8. The van der Waals surface area contributed by atoms with Crippen molar-refractivity contribution in [3.8, 4) is 0 Å². The first-order chi connectivity index (χ1) is 8.85. The van der Waals surface area contributed by atoms with Crippen molar-refractivity contribution in [2.45, 2.75) is 63.2 Å². The van der Waals surface area contributed by atoms with Crippen LogP contribution in [0.2, 0.25) is 0 Å². The summed E-state index contributed by atoms with van der Waals surface area (Å²) in [5.41, 5.74) is -0.851. The minimum absolute atomic E-state index is 0.0840. The molecule has 0 bridgehead atoms. The lowest BCUT2D eigenvalue weighted by molar-refractivity contribution is -0.144. The number of nitrogens with one attached hydrogen (secondary N) is 1. The third kappa shape index (κ3) is 3.27. The second kappa shape index (κ2) is 5.38. The maximum absolute atomic E-state index is 10.9. The SMILES string of the molecule is CC1OCCC1(C)NCC1(O)CCC(C(=O)O)CC1. The van der Waals surface area contributed by atoms with Crippen LogP contribution in [0.3, 0.4) is 0 Å². The van der Waals surface area contributed by atoms with Crippen LogP contribution in [0.1, 0.15) is 46.0 Å². The Hall–Kier alpha value is -0.650. The Labute approximate surface area is 114 Å². The predicted octanol–water partition coefficient (Wildman–Crippen LogP) is 1.15. The molecule has 0 amide bonds. The van der Waals surface area contributed by atoms with Crippen molar-refractivity contribution in [1.82, 2.24) is 5.32 Å². The van der Waals surface area contributed by atoms with Gasteiger partial charge in [-0.2, -0.15) is 0 Å². The van der Waals surface area contributed by atoms with Gasteiger partial charge < -0.3 is 20.3 Å². The van der Waals surface area contributed by atoms with E-state index in [2.05, 4.69) is 12.2 Å². The van der Waals surface area contributed by atoms with E-state index >= 15 is 0 Å². The maximum atomic E-state index is 10.9. The molecule has 2 fully saturated rings. The van der Waals surface area contributed by atoms with Gasteiger partial charge in [-0.05, 0) is 46.0 Å². The maximum Gasteiger partial charge on any atom is 0.306 e. The molecule has 0 radical (unpaired) electrons. The lowest BCUT2D eigenvalue weighted by Crippen LogP contribution is -2.54. The molecule has 3 N–H and O–H groups in total. The predicted molar refractivity (Wildman–Crippen MR) is 71.0 cm³/mol. The highest BCUT2D eigenvalue weighted by atomic mass is 16.5. The molecule has 0 aromatic heterocycles. The highest BCUT2D eigenvalue weighted by molar-refractivity contribution is 5.70. The molecule has 0 spiro atoms. The topological polar surface area (TPSA) is 78.8 Å². The van der Waals surface area contributed by atoms with Crippen LogP contribution >= 0.6 is 0 Å². The van der Waals surface area contributed by atoms with Crippen molar-refractivity contribution in [2.75, 3.05) is 13.2 Å². The first-order valence-electron chi connectivity index (χ1n) is 7.16. The minimum Gasteiger partial charge on any atom is -0.481 e. The third-order valence-electron chi connectivity index (χ3n) is 4.97. The van der Waals surface area contributed by atoms with E-state index in [-0.39, 0.29) is 17.6 Å². The van der Waals surface area contributed by atoms with Gasteiger partial charge in [0.1, 0.15) is 0 Å². The Morgan fingerprint density at radius 3 is 2.47 bits per heavy atom. The van der Waals surface area contributed by atoms with Gasteiger partial charge in [0.05, 0.1) is 17.6 Å². The Bertz CT molecular complexity index is 338. The zero-order chi connectivity index (χ0) is 14.1. The smallest absolute Gasteiger partial charge is 0.306 e. The third-order valence-corrected chi connectivity index (χ3v) is 4.97. The number of hydrogen-bond acceptors (Lipinski definition) is 4. The zero-order valence-corrected chi connectivity index (χ0v) is 11.8. The van der Waals surface area contributed by atoms with Gasteiger partial charge >= 0.3 is 5.97 Å². The van der Waals surface area contributed by atoms with E-state index in [9.17, 15) is 9.90 Å². The molecule has 5 nitrogen and oxygen atoms in total. The molecule has 2 unspecified atom stereocenters. The normalized spacial score (nSPS) is 43.3. The average molecular weight is 271 g/mol. The standard InChI is InChI=1S/C14H25NO4/c1-10-13(2,7-8-19-10)15-9-14(18)5-3-11(4-6-14)12(16)17/h10-11,15,18H,3-9H2,1-2H3,(H,16,17). The minimum atomic E-state index is -0.767. The number of β-amino-alcohol motifs (C(OH)–C–C–N with tert-alkyl or cyclic N) is 1. The Morgan fingerprint density at radius 2 is 2.00 bits per heavy atom. The zero-order valence-electron chi connectivity index (χ0n) is 11.8. The summed E-state index contributed by atoms with van der Waals surface area (Å²) >= 11 is 0. The Morgan fingerprint density at radius 1 is 1.37 bits per heavy atom. The van der Waals surface area contributed by atoms with E-state index in [1.165, 1.54) is 0 Å². The number of carbonyl (C=O) groups is 1. The Balaban J connectivity index is 1.84. The second-order valence-corrected chi connectivity index (χ2v) is 6.37. The molecular weight excluding hydrogens is 246 g/mol. The summed E-state index contributed by atoms with van der Waals surface area (Å²) in [5, 5.41) is 22.9. The molecule has 0 aromatic rings. The summed E-state index contributed by atoms with van der Waals surface area (Å²) < 4.78 is 5.57. The van der Waals surface area contributed by atoms with Crippen molar-refractivity contribution in [2.24, 2.45) is 5.92 Å². The van der Waals surface area contributed by atoms with Crippen LogP contribution in [-0.2, 0) is 9.53 Å². The number of hydrogen-bond donors (Lipinski definition) is 3. The monoisotopic (exact) mass is 271 g/mol. The van der Waals surface area contributed by atoms with Crippen LogP contribution in [0, 0.1) is 5.92 Å². The largest absolute Gasteiger partial charge is 0.481 e. The summed E-state index contributed by atoms with van der Waals surface area (Å²) in [6.07, 6.45) is 3.34. The van der Waals surface area contributed by atoms with E-state index < -0.39 is 11.6 Å². The highest BCUT2D eigenvalue weighted by Gasteiger charge is 2.41. The van der Waals surface area contributed by atoms with Gasteiger partial charge in [0, 0.05) is 18.7 Å². The molecule has 110 valence electrons. The quantitative estimate of drug-likeness (QED) is 0.715. The van der Waals surface area contributed by atoms with Crippen LogP contribution in [0.15, 0.2) is 0 Å². The van der Waals surface area contributed by atoms with Crippen molar-refractivity contribution in [1.29, 1.82) is 0 Å². The van der Waals surface area contributed by atoms with Crippen LogP contribution in [0.5, 0.6) is 0 Å². The summed E-state index contributed by atoms with van der Waals surface area (Å²) in [4.78, 5) is 10.9. The van der Waals surface area contributed by atoms with Crippen molar-refractivity contribution in [3.63, 3.8) is 0 Å². The number of ether oxygens (including phenoxy) is 1. The molecule has 1 aliphatic carbocycles. The fourth-order valence-corrected chi connectivity index (χ4v) is 3.01. The van der Waals surface area contributed by atoms with E-state index in [0.29, 0.717) is 32.2 Å². The number of aliphatic hydroxyl groups is 1. The average Bonchev–Trinajstić information content (AvgIpc) is 2.69. The summed E-state index contributed by atoms with van der Waals surface area (Å²) in [6, 6.07) is 0. The Kier molecular flexibility index (Phi) is 4.18. The number of aliphatic carboxylic acids is 1. The molecule has 5 heteroatoms. The fourth-order valence-electron chi connectivity index (χ4n) is 3.01. The van der Waals surface area contributed by atoms with Gasteiger partial charge in [-0.25, -0.2) is 0 Å². The molecule has 1 aliphatic heterocycles. The fraction of sp³-hybridized carbons (Fsp3) is 0.929. The molecule has 1 saturated heterocycles. The van der Waals surface area contributed by atoms with Gasteiger partial charge in [0.25, 0.3) is 0 Å². The summed E-state index contributed by atoms with van der Waals surface area (Å²) in [7, 11) is 0. The van der Waals surface area contributed by atoms with Gasteiger partial charge in [-0.15, -0.1) is 0 Å². The molecule has 2 rings (SSSR count). The summed E-state index contributed by atoms with van der Waals surface area (Å²) in [5.74, 6) is -1.02. The van der Waals surface area contributed by atoms with Gasteiger partial charge in [0.15, 0.2) is 0 Å². The van der Waals surface area contributed by atoms with Crippen LogP contribution in [-0.4, -0.2) is 46.6 Å². The van der Waals surface area contributed by atoms with E-state index in [1.54, 1.807) is 0 Å². The van der Waals surface area contributed by atoms with Crippen LogP contribution in [0.4, 0.5) is 0 Å². The molecule has 19 heavy (non-hydrogen) atoms. The lowest BCUT2D eigenvalue weighted by atomic mass is 9.78. The molecule has 1 heterocycles. The molecule has 2 atom stereocenters. The van der Waals surface area contributed by atoms with E-state index in [1.807, 2.05) is 6.92 Å². The molecule has 0 aromatic carbocycles. The van der Waals surface area contributed by atoms with Crippen molar-refractivity contribution < 1.29 is 19.7 Å². The van der Waals surface area contributed by atoms with Crippen LogP contribution < -0.4 is 5.32 Å². The lowest BCUT2D eigenvalue weighted by Gasteiger charge is -2.38. The molecule has 2 aliphatic rings. The van der Waals surface area contributed by atoms with Gasteiger partial charge in [0.2, 0.25) is 0 Å². The van der Waals surface area contributed by atoms with Crippen LogP contribution in [0.25, 0.3) is 0 Å². The number of rotatable bonds is 4. The van der Waals surface area contributed by atoms with Gasteiger partial charge in [-0.3, -0.25) is 4.79 Å².